The van der Waals surface area contributed by atoms with Gasteiger partial charge in [-0.25, -0.2) is 0 Å². The third-order valence-corrected chi connectivity index (χ3v) is 4.06. The second kappa shape index (κ2) is 4.98. The molecule has 0 aromatic rings. The third kappa shape index (κ3) is 3.06. The van der Waals surface area contributed by atoms with Crippen LogP contribution in [0.3, 0.4) is 0 Å². The van der Waals surface area contributed by atoms with Gasteiger partial charge in [-0.15, -0.1) is 0 Å². The van der Waals surface area contributed by atoms with Crippen LogP contribution in [0.4, 0.5) is 0 Å². The molecule has 1 fully saturated rings. The molecule has 0 spiro atoms. The summed E-state index contributed by atoms with van der Waals surface area (Å²) in [6.07, 6.45) is 4.08. The van der Waals surface area contributed by atoms with Crippen LogP contribution in [0.1, 0.15) is 53.4 Å². The van der Waals surface area contributed by atoms with Crippen LogP contribution in [0, 0.1) is 11.3 Å². The minimum Gasteiger partial charge on any atom is -0.354 e. The summed E-state index contributed by atoms with van der Waals surface area (Å²) >= 11 is 0. The number of ketones is 1. The van der Waals surface area contributed by atoms with Gasteiger partial charge in [-0.1, -0.05) is 13.8 Å². The van der Waals surface area contributed by atoms with Gasteiger partial charge in [-0.05, 0) is 38.5 Å². The molecule has 1 N–H and O–H groups in total. The quantitative estimate of drug-likeness (QED) is 0.801. The number of carbonyl (C=O) groups is 2. The maximum atomic E-state index is 11.6. The summed E-state index contributed by atoms with van der Waals surface area (Å²) in [6, 6.07) is 0.316. The molecule has 3 heteroatoms. The van der Waals surface area contributed by atoms with Crippen LogP contribution in [-0.4, -0.2) is 17.7 Å². The van der Waals surface area contributed by atoms with Gasteiger partial charge in [0.2, 0.25) is 5.91 Å². The molecule has 3 nitrogen and oxygen atoms in total. The van der Waals surface area contributed by atoms with Gasteiger partial charge >= 0.3 is 0 Å². The first-order valence-electron chi connectivity index (χ1n) is 6.12. The summed E-state index contributed by atoms with van der Waals surface area (Å²) in [5.41, 5.74) is -0.207. The average Bonchev–Trinajstić information content (AvgIpc) is 2.17. The van der Waals surface area contributed by atoms with Gasteiger partial charge in [0, 0.05) is 18.4 Å². The molecule has 1 saturated carbocycles. The smallest absolute Gasteiger partial charge is 0.217 e. The molecule has 0 saturated heterocycles. The Morgan fingerprint density at radius 1 is 1.06 bits per heavy atom. The van der Waals surface area contributed by atoms with E-state index in [-0.39, 0.29) is 17.1 Å². The second-order valence-electron chi connectivity index (χ2n) is 5.53. The van der Waals surface area contributed by atoms with Crippen molar-refractivity contribution in [3.05, 3.63) is 0 Å². The number of rotatable bonds is 3. The molecule has 1 aliphatic rings. The van der Waals surface area contributed by atoms with Crippen molar-refractivity contribution >= 4 is 11.7 Å². The fourth-order valence-electron chi connectivity index (χ4n) is 2.53. The van der Waals surface area contributed by atoms with Gasteiger partial charge in [0.15, 0.2) is 0 Å². The van der Waals surface area contributed by atoms with Gasteiger partial charge in [0.25, 0.3) is 0 Å². The molecular formula is C13H23NO2. The van der Waals surface area contributed by atoms with E-state index in [1.165, 1.54) is 0 Å². The molecule has 0 unspecified atom stereocenters. The molecule has 0 heterocycles. The lowest BCUT2D eigenvalue weighted by atomic mass is 9.68. The number of Topliss-reactive ketones (excluding diaryl/α,β-unsaturated/α-hetero) is 1. The van der Waals surface area contributed by atoms with Crippen molar-refractivity contribution in [2.75, 3.05) is 0 Å². The van der Waals surface area contributed by atoms with Crippen molar-refractivity contribution in [1.82, 2.24) is 5.32 Å². The molecule has 0 radical (unpaired) electrons. The van der Waals surface area contributed by atoms with E-state index in [1.807, 2.05) is 13.8 Å². The van der Waals surface area contributed by atoms with Crippen LogP contribution in [0.2, 0.25) is 0 Å². The minimum absolute atomic E-state index is 0.0503. The van der Waals surface area contributed by atoms with Crippen LogP contribution < -0.4 is 5.32 Å². The predicted molar refractivity (Wildman–Crippen MR) is 64.0 cm³/mol. The highest BCUT2D eigenvalue weighted by Crippen LogP contribution is 2.38. The van der Waals surface area contributed by atoms with E-state index in [0.717, 1.165) is 25.7 Å². The van der Waals surface area contributed by atoms with Gasteiger partial charge in [0.1, 0.15) is 5.78 Å². The molecule has 1 amide bonds. The van der Waals surface area contributed by atoms with Crippen LogP contribution in [0.25, 0.3) is 0 Å². The van der Waals surface area contributed by atoms with Crippen molar-refractivity contribution in [2.45, 2.75) is 59.4 Å². The number of nitrogens with one attached hydrogen (secondary N) is 1. The van der Waals surface area contributed by atoms with E-state index in [9.17, 15) is 9.59 Å². The third-order valence-electron chi connectivity index (χ3n) is 4.06. The zero-order valence-corrected chi connectivity index (χ0v) is 10.8. The van der Waals surface area contributed by atoms with E-state index in [1.54, 1.807) is 13.8 Å². The van der Waals surface area contributed by atoms with E-state index in [0.29, 0.717) is 12.0 Å². The van der Waals surface area contributed by atoms with E-state index < -0.39 is 0 Å². The zero-order valence-electron chi connectivity index (χ0n) is 10.8. The standard InChI is InChI=1S/C13H23NO2/c1-9(15)13(3,4)11-5-7-12(8-6-11)14-10(2)16/h11-12H,5-8H2,1-4H3,(H,14,16). The van der Waals surface area contributed by atoms with Crippen molar-refractivity contribution in [1.29, 1.82) is 0 Å². The van der Waals surface area contributed by atoms with Crippen LogP contribution in [0.5, 0.6) is 0 Å². The average molecular weight is 225 g/mol. The topological polar surface area (TPSA) is 46.2 Å². The first-order valence-corrected chi connectivity index (χ1v) is 6.12. The Labute approximate surface area is 98.0 Å². The maximum absolute atomic E-state index is 11.6. The molecule has 1 rings (SSSR count). The Morgan fingerprint density at radius 3 is 1.94 bits per heavy atom. The summed E-state index contributed by atoms with van der Waals surface area (Å²) in [5, 5.41) is 2.96. The lowest BCUT2D eigenvalue weighted by Crippen LogP contribution is -2.40. The van der Waals surface area contributed by atoms with Gasteiger partial charge in [-0.2, -0.15) is 0 Å². The number of hydrogen-bond donors (Lipinski definition) is 1. The molecule has 0 atom stereocenters. The first kappa shape index (κ1) is 13.2. The number of amides is 1. The maximum Gasteiger partial charge on any atom is 0.217 e. The molecule has 16 heavy (non-hydrogen) atoms. The minimum atomic E-state index is -0.207. The molecule has 0 aromatic heterocycles. The summed E-state index contributed by atoms with van der Waals surface area (Å²) in [7, 11) is 0. The molecule has 0 aliphatic heterocycles. The highest BCUT2D eigenvalue weighted by molar-refractivity contribution is 5.81. The van der Waals surface area contributed by atoms with E-state index in [4.69, 9.17) is 0 Å². The second-order valence-corrected chi connectivity index (χ2v) is 5.53. The number of carbonyl (C=O) groups excluding carboxylic acids is 2. The van der Waals surface area contributed by atoms with Gasteiger partial charge in [-0.3, -0.25) is 9.59 Å². The Morgan fingerprint density at radius 2 is 1.56 bits per heavy atom. The summed E-state index contributed by atoms with van der Waals surface area (Å²) < 4.78 is 0. The summed E-state index contributed by atoms with van der Waals surface area (Å²) in [4.78, 5) is 22.5. The van der Waals surface area contributed by atoms with Crippen molar-refractivity contribution in [3.63, 3.8) is 0 Å². The number of hydrogen-bond acceptors (Lipinski definition) is 2. The fourth-order valence-corrected chi connectivity index (χ4v) is 2.53. The Balaban J connectivity index is 2.49. The lowest BCUT2D eigenvalue weighted by molar-refractivity contribution is -0.128. The zero-order chi connectivity index (χ0) is 12.3. The van der Waals surface area contributed by atoms with Gasteiger partial charge < -0.3 is 5.32 Å². The van der Waals surface area contributed by atoms with E-state index >= 15 is 0 Å². The normalized spacial score (nSPS) is 26.2. The lowest BCUT2D eigenvalue weighted by Gasteiger charge is -2.37. The monoisotopic (exact) mass is 225 g/mol. The fraction of sp³-hybridized carbons (Fsp3) is 0.846. The van der Waals surface area contributed by atoms with Crippen molar-refractivity contribution in [3.8, 4) is 0 Å². The SMILES string of the molecule is CC(=O)NC1CCC(C(C)(C)C(C)=O)CC1. The molecule has 1 aliphatic carbocycles. The highest BCUT2D eigenvalue weighted by Gasteiger charge is 2.36. The van der Waals surface area contributed by atoms with Crippen molar-refractivity contribution in [2.24, 2.45) is 11.3 Å². The molecule has 0 bridgehead atoms. The van der Waals surface area contributed by atoms with Crippen LogP contribution in [0.15, 0.2) is 0 Å². The Hall–Kier alpha value is -0.860. The van der Waals surface area contributed by atoms with Gasteiger partial charge in [0.05, 0.1) is 0 Å². The Kier molecular flexibility index (Phi) is 4.11. The summed E-state index contributed by atoms with van der Waals surface area (Å²) in [6.45, 7) is 7.32. The van der Waals surface area contributed by atoms with Crippen LogP contribution in [-0.2, 0) is 9.59 Å². The molecule has 92 valence electrons. The highest BCUT2D eigenvalue weighted by atomic mass is 16.1. The van der Waals surface area contributed by atoms with Crippen molar-refractivity contribution < 1.29 is 9.59 Å². The molecular weight excluding hydrogens is 202 g/mol. The summed E-state index contributed by atoms with van der Waals surface area (Å²) in [5.74, 6) is 0.791. The largest absolute Gasteiger partial charge is 0.354 e. The van der Waals surface area contributed by atoms with Crippen LogP contribution >= 0.6 is 0 Å². The predicted octanol–water partition coefficient (Wildman–Crippen LogP) is 2.30. The Bertz CT molecular complexity index is 276. The first-order chi connectivity index (χ1) is 7.34. The molecule has 0 aromatic carbocycles. The van der Waals surface area contributed by atoms with E-state index in [2.05, 4.69) is 5.32 Å².